The third-order valence-corrected chi connectivity index (χ3v) is 6.89. The predicted molar refractivity (Wildman–Crippen MR) is 132 cm³/mol. The molecular formula is C26H37N5O2. The molecule has 1 unspecified atom stereocenters. The highest BCUT2D eigenvalue weighted by Crippen LogP contribution is 2.20. The van der Waals surface area contributed by atoms with Crippen LogP contribution in [0.3, 0.4) is 0 Å². The lowest BCUT2D eigenvalue weighted by Crippen LogP contribution is -2.47. The Labute approximate surface area is 197 Å². The molecule has 1 atom stereocenters. The molecule has 7 nitrogen and oxygen atoms in total. The van der Waals surface area contributed by atoms with Crippen molar-refractivity contribution in [2.24, 2.45) is 5.92 Å². The van der Waals surface area contributed by atoms with Crippen LogP contribution in [-0.4, -0.2) is 79.0 Å². The zero-order valence-electron chi connectivity index (χ0n) is 20.0. The van der Waals surface area contributed by atoms with Crippen molar-refractivity contribution >= 4 is 17.5 Å². The Morgan fingerprint density at radius 2 is 1.82 bits per heavy atom. The van der Waals surface area contributed by atoms with Gasteiger partial charge in [0.1, 0.15) is 5.69 Å². The minimum Gasteiger partial charge on any atom is -0.369 e. The minimum atomic E-state index is -0.117. The molecule has 2 amide bonds. The second-order valence-corrected chi connectivity index (χ2v) is 9.41. The van der Waals surface area contributed by atoms with E-state index >= 15 is 0 Å². The summed E-state index contributed by atoms with van der Waals surface area (Å²) in [5, 5.41) is 3.12. The number of aryl methyl sites for hydroxylation is 2. The topological polar surface area (TPSA) is 71.7 Å². The van der Waals surface area contributed by atoms with Crippen LogP contribution < -0.4 is 10.2 Å². The number of rotatable bonds is 7. The van der Waals surface area contributed by atoms with E-state index in [4.69, 9.17) is 0 Å². The van der Waals surface area contributed by atoms with E-state index in [0.29, 0.717) is 18.8 Å². The van der Waals surface area contributed by atoms with E-state index in [1.54, 1.807) is 0 Å². The molecule has 2 fully saturated rings. The number of nitrogens with one attached hydrogen (secondary N) is 2. The van der Waals surface area contributed by atoms with Crippen LogP contribution in [0, 0.1) is 19.8 Å². The highest BCUT2D eigenvalue weighted by Gasteiger charge is 2.30. The zero-order valence-corrected chi connectivity index (χ0v) is 20.0. The number of aromatic amines is 1. The fourth-order valence-electron chi connectivity index (χ4n) is 5.01. The van der Waals surface area contributed by atoms with E-state index in [-0.39, 0.29) is 17.7 Å². The molecule has 1 aromatic carbocycles. The first-order chi connectivity index (χ1) is 16.0. The van der Waals surface area contributed by atoms with Gasteiger partial charge in [-0.25, -0.2) is 0 Å². The molecular weight excluding hydrogens is 414 g/mol. The van der Waals surface area contributed by atoms with Gasteiger partial charge >= 0.3 is 0 Å². The Hall–Kier alpha value is -2.80. The van der Waals surface area contributed by atoms with Crippen molar-refractivity contribution in [2.75, 3.05) is 57.3 Å². The first-order valence-electron chi connectivity index (χ1n) is 12.3. The van der Waals surface area contributed by atoms with Crippen molar-refractivity contribution in [1.29, 1.82) is 0 Å². The highest BCUT2D eigenvalue weighted by molar-refractivity contribution is 5.94. The van der Waals surface area contributed by atoms with Gasteiger partial charge in [-0.1, -0.05) is 18.2 Å². The lowest BCUT2D eigenvalue weighted by Gasteiger charge is -2.36. The zero-order chi connectivity index (χ0) is 23.2. The number of piperazine rings is 1. The molecule has 0 bridgehead atoms. The Morgan fingerprint density at radius 1 is 1.06 bits per heavy atom. The summed E-state index contributed by atoms with van der Waals surface area (Å²) in [4.78, 5) is 35.6. The SMILES string of the molecule is Cc1cc(C)c(C(=O)N2CCCC(C(=O)NCCCN3CCN(c4ccccc4)CC3)C2)[nH]1. The number of H-pyrrole nitrogens is 1. The summed E-state index contributed by atoms with van der Waals surface area (Å²) in [5.41, 5.74) is 3.91. The summed E-state index contributed by atoms with van der Waals surface area (Å²) in [7, 11) is 0. The van der Waals surface area contributed by atoms with E-state index in [0.717, 1.165) is 69.8 Å². The standard InChI is InChI=1S/C26H37N5O2/c1-20-18-21(2)28-24(20)26(33)31-13-6-8-22(19-31)25(32)27-11-7-12-29-14-16-30(17-15-29)23-9-4-3-5-10-23/h3-5,9-10,18,22,28H,6-8,11-17,19H2,1-2H3,(H,27,32). The Bertz CT molecular complexity index is 933. The van der Waals surface area contributed by atoms with Crippen LogP contribution in [0.1, 0.15) is 41.0 Å². The number of amides is 2. The maximum atomic E-state index is 12.9. The lowest BCUT2D eigenvalue weighted by molar-refractivity contribution is -0.126. The van der Waals surface area contributed by atoms with Gasteiger partial charge in [-0.05, 0) is 63.4 Å². The molecule has 2 aliphatic heterocycles. The molecule has 0 aliphatic carbocycles. The Balaban J connectivity index is 1.16. The van der Waals surface area contributed by atoms with Crippen LogP contribution in [0.15, 0.2) is 36.4 Å². The van der Waals surface area contributed by atoms with E-state index in [9.17, 15) is 9.59 Å². The molecule has 2 aromatic rings. The highest BCUT2D eigenvalue weighted by atomic mass is 16.2. The molecule has 7 heteroatoms. The summed E-state index contributed by atoms with van der Waals surface area (Å²) in [5.74, 6) is -0.0259. The third kappa shape index (κ3) is 5.96. The molecule has 3 heterocycles. The van der Waals surface area contributed by atoms with Crippen LogP contribution in [0.4, 0.5) is 5.69 Å². The number of nitrogens with zero attached hydrogens (tertiary/aromatic N) is 3. The van der Waals surface area contributed by atoms with Gasteiger partial charge in [-0.2, -0.15) is 0 Å². The van der Waals surface area contributed by atoms with Crippen molar-refractivity contribution in [3.8, 4) is 0 Å². The van der Waals surface area contributed by atoms with Gasteiger partial charge in [0.15, 0.2) is 0 Å². The smallest absolute Gasteiger partial charge is 0.270 e. The molecule has 0 radical (unpaired) electrons. The van der Waals surface area contributed by atoms with E-state index in [2.05, 4.69) is 50.4 Å². The second kappa shape index (κ2) is 10.9. The molecule has 4 rings (SSSR count). The number of hydrogen-bond acceptors (Lipinski definition) is 4. The number of carbonyl (C=O) groups excluding carboxylic acids is 2. The van der Waals surface area contributed by atoms with E-state index in [1.165, 1.54) is 5.69 Å². The first-order valence-corrected chi connectivity index (χ1v) is 12.3. The van der Waals surface area contributed by atoms with Gasteiger partial charge in [0.25, 0.3) is 5.91 Å². The maximum absolute atomic E-state index is 12.9. The number of carbonyl (C=O) groups is 2. The van der Waals surface area contributed by atoms with Crippen LogP contribution in [0.2, 0.25) is 0 Å². The molecule has 0 saturated carbocycles. The molecule has 178 valence electrons. The molecule has 2 saturated heterocycles. The van der Waals surface area contributed by atoms with Crippen LogP contribution in [-0.2, 0) is 4.79 Å². The van der Waals surface area contributed by atoms with Crippen molar-refractivity contribution in [1.82, 2.24) is 20.1 Å². The van der Waals surface area contributed by atoms with Gasteiger partial charge in [0.05, 0.1) is 5.92 Å². The predicted octanol–water partition coefficient (Wildman–Crippen LogP) is 2.81. The average Bonchev–Trinajstić information content (AvgIpc) is 3.20. The van der Waals surface area contributed by atoms with Gasteiger partial charge in [0, 0.05) is 57.2 Å². The number of aromatic nitrogens is 1. The number of piperidine rings is 1. The summed E-state index contributed by atoms with van der Waals surface area (Å²) in [6.45, 7) is 11.0. The van der Waals surface area contributed by atoms with Gasteiger partial charge in [-0.3, -0.25) is 14.5 Å². The molecule has 0 spiro atoms. The molecule has 2 aliphatic rings. The van der Waals surface area contributed by atoms with E-state index < -0.39 is 0 Å². The third-order valence-electron chi connectivity index (χ3n) is 6.89. The molecule has 1 aromatic heterocycles. The van der Waals surface area contributed by atoms with Crippen LogP contribution >= 0.6 is 0 Å². The van der Waals surface area contributed by atoms with Crippen molar-refractivity contribution in [2.45, 2.75) is 33.1 Å². The van der Waals surface area contributed by atoms with Crippen LogP contribution in [0.25, 0.3) is 0 Å². The second-order valence-electron chi connectivity index (χ2n) is 9.41. The minimum absolute atomic E-state index is 0.00717. The van der Waals surface area contributed by atoms with Crippen molar-refractivity contribution in [3.05, 3.63) is 53.3 Å². The largest absolute Gasteiger partial charge is 0.369 e. The number of para-hydroxylation sites is 1. The van der Waals surface area contributed by atoms with Gasteiger partial charge < -0.3 is 20.1 Å². The average molecular weight is 452 g/mol. The summed E-state index contributed by atoms with van der Waals surface area (Å²) < 4.78 is 0. The maximum Gasteiger partial charge on any atom is 0.270 e. The van der Waals surface area contributed by atoms with E-state index in [1.807, 2.05) is 24.8 Å². The Morgan fingerprint density at radius 3 is 2.52 bits per heavy atom. The Kier molecular flexibility index (Phi) is 7.70. The number of likely N-dealkylation sites (tertiary alicyclic amines) is 1. The molecule has 33 heavy (non-hydrogen) atoms. The van der Waals surface area contributed by atoms with Crippen molar-refractivity contribution < 1.29 is 9.59 Å². The van der Waals surface area contributed by atoms with Gasteiger partial charge in [0.2, 0.25) is 5.91 Å². The van der Waals surface area contributed by atoms with Crippen molar-refractivity contribution in [3.63, 3.8) is 0 Å². The van der Waals surface area contributed by atoms with Gasteiger partial charge in [-0.15, -0.1) is 0 Å². The fraction of sp³-hybridized carbons (Fsp3) is 0.538. The monoisotopic (exact) mass is 451 g/mol. The lowest BCUT2D eigenvalue weighted by atomic mass is 9.96. The fourth-order valence-corrected chi connectivity index (χ4v) is 5.01. The summed E-state index contributed by atoms with van der Waals surface area (Å²) in [6.07, 6.45) is 2.67. The molecule has 2 N–H and O–H groups in total. The summed E-state index contributed by atoms with van der Waals surface area (Å²) in [6, 6.07) is 12.6. The summed E-state index contributed by atoms with van der Waals surface area (Å²) >= 11 is 0. The first kappa shape index (κ1) is 23.4. The number of benzene rings is 1. The normalized spacial score (nSPS) is 19.5. The number of hydrogen-bond donors (Lipinski definition) is 2. The van der Waals surface area contributed by atoms with Crippen LogP contribution in [0.5, 0.6) is 0 Å². The number of anilines is 1. The quantitative estimate of drug-likeness (QED) is 0.635.